The monoisotopic (exact) mass is 400 g/mol. The van der Waals surface area contributed by atoms with Crippen LogP contribution in [0.5, 0.6) is 0 Å². The average molecular weight is 400 g/mol. The molecule has 0 saturated carbocycles. The minimum absolute atomic E-state index is 0.147. The number of thiophene rings is 1. The van der Waals surface area contributed by atoms with E-state index < -0.39 is 33.8 Å². The normalized spacial score (nSPS) is 12.4. The van der Waals surface area contributed by atoms with Gasteiger partial charge in [0, 0.05) is 12.2 Å². The molecule has 26 heavy (non-hydrogen) atoms. The van der Waals surface area contributed by atoms with Gasteiger partial charge in [0.1, 0.15) is 10.0 Å². The van der Waals surface area contributed by atoms with Crippen molar-refractivity contribution in [2.24, 2.45) is 0 Å². The molecule has 0 spiro atoms. The van der Waals surface area contributed by atoms with Crippen molar-refractivity contribution in [2.45, 2.75) is 23.7 Å². The second kappa shape index (κ2) is 8.88. The summed E-state index contributed by atoms with van der Waals surface area (Å²) < 4.78 is 44.0. The third-order valence-corrected chi connectivity index (χ3v) is 6.03. The predicted octanol–water partition coefficient (Wildman–Crippen LogP) is 2.13. The molecule has 1 atom stereocenters. The lowest BCUT2D eigenvalue weighted by atomic mass is 10.3. The highest BCUT2D eigenvalue weighted by Gasteiger charge is 2.19. The number of esters is 1. The Morgan fingerprint density at radius 3 is 2.54 bits per heavy atom. The number of anilines is 1. The number of sulfonamides is 1. The van der Waals surface area contributed by atoms with Crippen molar-refractivity contribution in [1.82, 2.24) is 4.72 Å². The molecule has 1 aromatic heterocycles. The van der Waals surface area contributed by atoms with Crippen molar-refractivity contribution in [3.05, 3.63) is 47.6 Å². The van der Waals surface area contributed by atoms with Crippen LogP contribution in [-0.2, 0) is 24.3 Å². The van der Waals surface area contributed by atoms with Crippen LogP contribution in [0.3, 0.4) is 0 Å². The number of rotatable bonds is 8. The van der Waals surface area contributed by atoms with E-state index in [1.54, 1.807) is 11.4 Å². The number of hydrogen-bond acceptors (Lipinski definition) is 6. The zero-order chi connectivity index (χ0) is 19.2. The summed E-state index contributed by atoms with van der Waals surface area (Å²) in [4.78, 5) is 23.7. The van der Waals surface area contributed by atoms with E-state index in [1.807, 2.05) is 0 Å². The number of carbonyl (C=O) groups excluding carboxylic acids is 2. The molecular weight excluding hydrogens is 383 g/mol. The van der Waals surface area contributed by atoms with Crippen LogP contribution in [-0.4, -0.2) is 32.9 Å². The third-order valence-electron chi connectivity index (χ3n) is 3.17. The molecular formula is C16H17FN2O5S2. The first-order valence-electron chi connectivity index (χ1n) is 7.57. The molecule has 0 fully saturated rings. The third kappa shape index (κ3) is 5.90. The number of carbonyl (C=O) groups is 2. The lowest BCUT2D eigenvalue weighted by Crippen LogP contribution is -2.32. The fourth-order valence-electron chi connectivity index (χ4n) is 1.86. The lowest BCUT2D eigenvalue weighted by molar-refractivity contribution is -0.152. The van der Waals surface area contributed by atoms with E-state index in [4.69, 9.17) is 4.74 Å². The maximum Gasteiger partial charge on any atom is 0.307 e. The average Bonchev–Trinajstić information content (AvgIpc) is 3.12. The van der Waals surface area contributed by atoms with Gasteiger partial charge in [0.25, 0.3) is 5.91 Å². The van der Waals surface area contributed by atoms with Gasteiger partial charge in [0.2, 0.25) is 10.0 Å². The maximum absolute atomic E-state index is 12.8. The second-order valence-electron chi connectivity index (χ2n) is 5.21. The molecule has 10 heteroatoms. The van der Waals surface area contributed by atoms with Crippen molar-refractivity contribution in [2.75, 3.05) is 11.9 Å². The quantitative estimate of drug-likeness (QED) is 0.661. The molecule has 2 aromatic rings. The summed E-state index contributed by atoms with van der Waals surface area (Å²) >= 11 is 1.06. The Balaban J connectivity index is 1.76. The van der Waals surface area contributed by atoms with E-state index >= 15 is 0 Å². The van der Waals surface area contributed by atoms with Gasteiger partial charge in [-0.3, -0.25) is 9.59 Å². The lowest BCUT2D eigenvalue weighted by Gasteiger charge is -2.13. The summed E-state index contributed by atoms with van der Waals surface area (Å²) in [5.41, 5.74) is 0.364. The molecule has 7 nitrogen and oxygen atoms in total. The first kappa shape index (κ1) is 20.0. The van der Waals surface area contributed by atoms with Crippen LogP contribution in [0.2, 0.25) is 0 Å². The molecule has 2 N–H and O–H groups in total. The van der Waals surface area contributed by atoms with Crippen molar-refractivity contribution < 1.29 is 27.1 Å². The van der Waals surface area contributed by atoms with E-state index in [1.165, 1.54) is 37.3 Å². The van der Waals surface area contributed by atoms with Crippen molar-refractivity contribution in [3.8, 4) is 0 Å². The Hall–Kier alpha value is -2.30. The largest absolute Gasteiger partial charge is 0.452 e. The van der Waals surface area contributed by atoms with Gasteiger partial charge >= 0.3 is 5.97 Å². The number of hydrogen-bond donors (Lipinski definition) is 2. The smallest absolute Gasteiger partial charge is 0.307 e. The van der Waals surface area contributed by atoms with Crippen molar-refractivity contribution in [1.29, 1.82) is 0 Å². The van der Waals surface area contributed by atoms with Crippen molar-refractivity contribution >= 4 is 38.9 Å². The predicted molar refractivity (Wildman–Crippen MR) is 94.7 cm³/mol. The van der Waals surface area contributed by atoms with Gasteiger partial charge in [0.15, 0.2) is 6.10 Å². The van der Waals surface area contributed by atoms with Crippen molar-refractivity contribution in [3.63, 3.8) is 0 Å². The Labute approximate surface area is 154 Å². The Morgan fingerprint density at radius 2 is 1.92 bits per heavy atom. The summed E-state index contributed by atoms with van der Waals surface area (Å²) in [5.74, 6) is -1.74. The first-order valence-corrected chi connectivity index (χ1v) is 9.93. The number of halogens is 1. The van der Waals surface area contributed by atoms with Gasteiger partial charge < -0.3 is 10.1 Å². The van der Waals surface area contributed by atoms with E-state index in [9.17, 15) is 22.4 Å². The summed E-state index contributed by atoms with van der Waals surface area (Å²) in [6.45, 7) is 1.23. The van der Waals surface area contributed by atoms with Gasteiger partial charge in [-0.05, 0) is 42.6 Å². The minimum Gasteiger partial charge on any atom is -0.452 e. The van der Waals surface area contributed by atoms with Crippen LogP contribution in [0.25, 0.3) is 0 Å². The van der Waals surface area contributed by atoms with E-state index in [0.29, 0.717) is 5.69 Å². The van der Waals surface area contributed by atoms with Crippen LogP contribution < -0.4 is 10.0 Å². The Bertz CT molecular complexity index is 851. The first-order chi connectivity index (χ1) is 12.3. The fourth-order valence-corrected chi connectivity index (χ4v) is 3.93. The summed E-state index contributed by atoms with van der Waals surface area (Å²) in [7, 11) is -3.65. The van der Waals surface area contributed by atoms with E-state index in [-0.39, 0.29) is 17.2 Å². The highest BCUT2D eigenvalue weighted by atomic mass is 32.2. The number of benzene rings is 1. The van der Waals surface area contributed by atoms with Gasteiger partial charge in [-0.1, -0.05) is 6.07 Å². The minimum atomic E-state index is -3.65. The molecule has 0 aliphatic rings. The summed E-state index contributed by atoms with van der Waals surface area (Å²) in [6, 6.07) is 8.18. The van der Waals surface area contributed by atoms with Crippen LogP contribution in [0.1, 0.15) is 13.3 Å². The van der Waals surface area contributed by atoms with Crippen LogP contribution in [0, 0.1) is 5.82 Å². The van der Waals surface area contributed by atoms with Gasteiger partial charge in [-0.25, -0.2) is 17.5 Å². The molecule has 2 rings (SSSR count). The standard InChI is InChI=1S/C16H17FN2O5S2/c1-11(16(21)19-13-6-4-12(17)5-7-13)24-14(20)8-9-18-26(22,23)15-3-2-10-25-15/h2-7,10-11,18H,8-9H2,1H3,(H,19,21)/t11-/m1/s1. The highest BCUT2D eigenvalue weighted by molar-refractivity contribution is 7.91. The molecule has 0 radical (unpaired) electrons. The Kier molecular flexibility index (Phi) is 6.83. The molecule has 0 saturated heterocycles. The fraction of sp³-hybridized carbons (Fsp3) is 0.250. The van der Waals surface area contributed by atoms with Crippen LogP contribution in [0.4, 0.5) is 10.1 Å². The molecule has 140 valence electrons. The highest BCUT2D eigenvalue weighted by Crippen LogP contribution is 2.15. The summed E-state index contributed by atoms with van der Waals surface area (Å²) in [6.07, 6.45) is -1.31. The van der Waals surface area contributed by atoms with Gasteiger partial charge in [0.05, 0.1) is 6.42 Å². The maximum atomic E-state index is 12.8. The van der Waals surface area contributed by atoms with E-state index in [2.05, 4.69) is 10.0 Å². The molecule has 0 unspecified atom stereocenters. The molecule has 0 aliphatic carbocycles. The molecule has 0 aliphatic heterocycles. The topological polar surface area (TPSA) is 102 Å². The van der Waals surface area contributed by atoms with Crippen LogP contribution in [0.15, 0.2) is 46.0 Å². The van der Waals surface area contributed by atoms with Gasteiger partial charge in [-0.15, -0.1) is 11.3 Å². The zero-order valence-corrected chi connectivity index (χ0v) is 15.4. The van der Waals surface area contributed by atoms with Crippen LogP contribution >= 0.6 is 11.3 Å². The molecule has 1 aromatic carbocycles. The molecule has 1 amide bonds. The second-order valence-corrected chi connectivity index (χ2v) is 8.15. The van der Waals surface area contributed by atoms with Gasteiger partial charge in [-0.2, -0.15) is 0 Å². The SMILES string of the molecule is C[C@@H](OC(=O)CCNS(=O)(=O)c1cccs1)C(=O)Nc1ccc(F)cc1. The Morgan fingerprint density at radius 1 is 1.23 bits per heavy atom. The summed E-state index contributed by atoms with van der Waals surface area (Å²) in [5, 5.41) is 4.11. The molecule has 1 heterocycles. The molecule has 0 bridgehead atoms. The number of amides is 1. The number of nitrogens with one attached hydrogen (secondary N) is 2. The zero-order valence-electron chi connectivity index (χ0n) is 13.8. The number of ether oxygens (including phenoxy) is 1. The van der Waals surface area contributed by atoms with E-state index in [0.717, 1.165) is 11.3 Å².